The third kappa shape index (κ3) is 1.62. The van der Waals surface area contributed by atoms with Crippen molar-refractivity contribution in [3.05, 3.63) is 47.8 Å². The molecule has 0 atom stereocenters. The molecule has 0 spiro atoms. The van der Waals surface area contributed by atoms with Gasteiger partial charge in [-0.2, -0.15) is 5.26 Å². The molecule has 3 aromatic rings. The number of rotatable bonds is 1. The van der Waals surface area contributed by atoms with Crippen molar-refractivity contribution in [1.82, 2.24) is 14.5 Å². The van der Waals surface area contributed by atoms with Crippen LogP contribution in [0.5, 0.6) is 0 Å². The van der Waals surface area contributed by atoms with Gasteiger partial charge in [0.15, 0.2) is 0 Å². The molecule has 0 aliphatic heterocycles. The molecule has 0 aliphatic carbocycles. The van der Waals surface area contributed by atoms with Gasteiger partial charge in [-0.05, 0) is 24.6 Å². The van der Waals surface area contributed by atoms with Gasteiger partial charge < -0.3 is 5.73 Å². The van der Waals surface area contributed by atoms with Gasteiger partial charge in [0.05, 0.1) is 23.0 Å². The van der Waals surface area contributed by atoms with E-state index in [9.17, 15) is 5.26 Å². The number of hydrogen-bond acceptors (Lipinski definition) is 4. The van der Waals surface area contributed by atoms with Crippen LogP contribution in [0, 0.1) is 18.3 Å². The van der Waals surface area contributed by atoms with E-state index in [0.717, 1.165) is 16.8 Å². The van der Waals surface area contributed by atoms with Crippen LogP contribution in [0.4, 0.5) is 5.95 Å². The molecular formula is C14H11N5. The number of anilines is 1. The van der Waals surface area contributed by atoms with Crippen LogP contribution < -0.4 is 5.73 Å². The van der Waals surface area contributed by atoms with Gasteiger partial charge in [-0.25, -0.2) is 4.98 Å². The van der Waals surface area contributed by atoms with Gasteiger partial charge in [0.25, 0.3) is 0 Å². The molecule has 2 heterocycles. The summed E-state index contributed by atoms with van der Waals surface area (Å²) in [6, 6.07) is 9.73. The molecule has 2 N–H and O–H groups in total. The summed E-state index contributed by atoms with van der Waals surface area (Å²) in [5.41, 5.74) is 9.79. The third-order valence-corrected chi connectivity index (χ3v) is 3.09. The number of hydrogen-bond donors (Lipinski definition) is 1. The number of aromatic nitrogens is 3. The topological polar surface area (TPSA) is 80.5 Å². The summed E-state index contributed by atoms with van der Waals surface area (Å²) in [6.07, 6.45) is 3.34. The van der Waals surface area contributed by atoms with Crippen molar-refractivity contribution in [1.29, 1.82) is 5.26 Å². The van der Waals surface area contributed by atoms with E-state index >= 15 is 0 Å². The van der Waals surface area contributed by atoms with E-state index in [1.807, 2.05) is 31.2 Å². The minimum absolute atomic E-state index is 0.352. The fourth-order valence-electron chi connectivity index (χ4n) is 2.19. The number of benzene rings is 1. The molecule has 92 valence electrons. The molecule has 0 saturated carbocycles. The van der Waals surface area contributed by atoms with Crippen LogP contribution >= 0.6 is 0 Å². The Kier molecular flexibility index (Phi) is 2.43. The molecule has 0 bridgehead atoms. The average molecular weight is 249 g/mol. The third-order valence-electron chi connectivity index (χ3n) is 3.09. The summed E-state index contributed by atoms with van der Waals surface area (Å²) in [7, 11) is 0. The Morgan fingerprint density at radius 1 is 1.32 bits per heavy atom. The van der Waals surface area contributed by atoms with Crippen molar-refractivity contribution in [3.8, 4) is 11.8 Å². The predicted molar refractivity (Wildman–Crippen MR) is 72.7 cm³/mol. The number of imidazole rings is 1. The van der Waals surface area contributed by atoms with Crippen LogP contribution in [0.15, 0.2) is 36.7 Å². The zero-order valence-corrected chi connectivity index (χ0v) is 10.3. The maximum Gasteiger partial charge on any atom is 0.206 e. The number of pyridine rings is 1. The fourth-order valence-corrected chi connectivity index (χ4v) is 2.19. The quantitative estimate of drug-likeness (QED) is 0.716. The second-order valence-electron chi connectivity index (χ2n) is 4.25. The lowest BCUT2D eigenvalue weighted by molar-refractivity contribution is 1.09. The van der Waals surface area contributed by atoms with Crippen molar-refractivity contribution < 1.29 is 0 Å². The summed E-state index contributed by atoms with van der Waals surface area (Å²) in [5, 5.41) is 9.32. The van der Waals surface area contributed by atoms with Crippen molar-refractivity contribution in [2.45, 2.75) is 6.92 Å². The lowest BCUT2D eigenvalue weighted by Gasteiger charge is -2.10. The minimum atomic E-state index is 0.352. The highest BCUT2D eigenvalue weighted by molar-refractivity contribution is 5.80. The smallest absolute Gasteiger partial charge is 0.206 e. The van der Waals surface area contributed by atoms with Crippen molar-refractivity contribution in [3.63, 3.8) is 0 Å². The van der Waals surface area contributed by atoms with E-state index in [2.05, 4.69) is 16.0 Å². The van der Waals surface area contributed by atoms with Gasteiger partial charge in [-0.1, -0.05) is 12.1 Å². The first kappa shape index (κ1) is 11.2. The van der Waals surface area contributed by atoms with Crippen LogP contribution in [-0.4, -0.2) is 14.5 Å². The van der Waals surface area contributed by atoms with Crippen LogP contribution in [0.2, 0.25) is 0 Å². The van der Waals surface area contributed by atoms with E-state index in [-0.39, 0.29) is 0 Å². The first-order chi connectivity index (χ1) is 9.22. The van der Waals surface area contributed by atoms with Crippen LogP contribution in [0.1, 0.15) is 11.1 Å². The summed E-state index contributed by atoms with van der Waals surface area (Å²) < 4.78 is 1.78. The van der Waals surface area contributed by atoms with Crippen LogP contribution in [-0.2, 0) is 0 Å². The standard InChI is InChI=1S/C14H11N5/c1-9-3-2-4-12(10(9)7-15)19-13-5-6-17-8-11(13)18-14(19)16/h2-6,8H,1H3,(H2,16,18). The Morgan fingerprint density at radius 3 is 2.95 bits per heavy atom. The van der Waals surface area contributed by atoms with E-state index in [0.29, 0.717) is 17.0 Å². The largest absolute Gasteiger partial charge is 0.369 e. The molecule has 5 heteroatoms. The second-order valence-corrected chi connectivity index (χ2v) is 4.25. The van der Waals surface area contributed by atoms with E-state index in [4.69, 9.17) is 5.73 Å². The molecule has 1 aromatic carbocycles. The van der Waals surface area contributed by atoms with E-state index in [1.165, 1.54) is 0 Å². The molecule has 0 radical (unpaired) electrons. The highest BCUT2D eigenvalue weighted by Crippen LogP contribution is 2.25. The van der Waals surface area contributed by atoms with Gasteiger partial charge >= 0.3 is 0 Å². The van der Waals surface area contributed by atoms with Gasteiger partial charge in [-0.3, -0.25) is 9.55 Å². The van der Waals surface area contributed by atoms with E-state index in [1.54, 1.807) is 17.0 Å². The Bertz CT molecular complexity index is 810. The molecule has 19 heavy (non-hydrogen) atoms. The molecule has 0 aliphatic rings. The van der Waals surface area contributed by atoms with Crippen LogP contribution in [0.25, 0.3) is 16.7 Å². The number of fused-ring (bicyclic) bond motifs is 1. The van der Waals surface area contributed by atoms with Gasteiger partial charge in [0.1, 0.15) is 11.6 Å². The summed E-state index contributed by atoms with van der Waals surface area (Å²) in [5.74, 6) is 0.352. The van der Waals surface area contributed by atoms with E-state index < -0.39 is 0 Å². The number of nitrogens with two attached hydrogens (primary N) is 1. The highest BCUT2D eigenvalue weighted by Gasteiger charge is 2.14. The van der Waals surface area contributed by atoms with Gasteiger partial charge in [-0.15, -0.1) is 0 Å². The zero-order chi connectivity index (χ0) is 13.4. The average Bonchev–Trinajstić information content (AvgIpc) is 2.74. The van der Waals surface area contributed by atoms with Crippen LogP contribution in [0.3, 0.4) is 0 Å². The lowest BCUT2D eigenvalue weighted by atomic mass is 10.1. The zero-order valence-electron chi connectivity index (χ0n) is 10.3. The predicted octanol–water partition coefficient (Wildman–Crippen LogP) is 2.18. The first-order valence-corrected chi connectivity index (χ1v) is 5.80. The van der Waals surface area contributed by atoms with Crippen molar-refractivity contribution in [2.75, 3.05) is 5.73 Å². The van der Waals surface area contributed by atoms with Gasteiger partial charge in [0.2, 0.25) is 5.95 Å². The molecular weight excluding hydrogens is 238 g/mol. The molecule has 0 unspecified atom stereocenters. The normalized spacial score (nSPS) is 10.5. The number of aryl methyl sites for hydroxylation is 1. The van der Waals surface area contributed by atoms with Crippen molar-refractivity contribution in [2.24, 2.45) is 0 Å². The molecule has 3 rings (SSSR count). The molecule has 0 fully saturated rings. The number of nitriles is 1. The maximum absolute atomic E-state index is 9.32. The maximum atomic E-state index is 9.32. The Labute approximate surface area is 109 Å². The molecule has 0 amide bonds. The van der Waals surface area contributed by atoms with Gasteiger partial charge in [0, 0.05) is 6.20 Å². The molecule has 0 saturated heterocycles. The Balaban J connectivity index is 2.41. The fraction of sp³-hybridized carbons (Fsp3) is 0.0714. The lowest BCUT2D eigenvalue weighted by Crippen LogP contribution is -2.03. The Hall–Kier alpha value is -2.87. The molecule has 2 aromatic heterocycles. The summed E-state index contributed by atoms with van der Waals surface area (Å²) in [4.78, 5) is 8.29. The van der Waals surface area contributed by atoms with Crippen molar-refractivity contribution >= 4 is 17.0 Å². The summed E-state index contributed by atoms with van der Waals surface area (Å²) in [6.45, 7) is 1.90. The second kappa shape index (κ2) is 4.10. The number of nitrogens with zero attached hydrogens (tertiary/aromatic N) is 4. The molecule has 5 nitrogen and oxygen atoms in total. The SMILES string of the molecule is Cc1cccc(-n2c(N)nc3cnccc32)c1C#N. The summed E-state index contributed by atoms with van der Waals surface area (Å²) >= 11 is 0. The Morgan fingerprint density at radius 2 is 2.16 bits per heavy atom. The monoisotopic (exact) mass is 249 g/mol. The highest BCUT2D eigenvalue weighted by atomic mass is 15.2. The number of nitrogen functional groups attached to an aromatic ring is 1. The minimum Gasteiger partial charge on any atom is -0.369 e. The first-order valence-electron chi connectivity index (χ1n) is 5.80.